The van der Waals surface area contributed by atoms with Gasteiger partial charge in [0, 0.05) is 19.3 Å². The third-order valence-corrected chi connectivity index (χ3v) is 12.5. The van der Waals surface area contributed by atoms with Gasteiger partial charge in [0.15, 0.2) is 6.10 Å². The first-order valence-corrected chi connectivity index (χ1v) is 26.6. The molecule has 0 fully saturated rings. The highest BCUT2D eigenvalue weighted by Crippen LogP contribution is 2.18. The second kappa shape index (κ2) is 45.4. The summed E-state index contributed by atoms with van der Waals surface area (Å²) < 4.78 is 16.8. The summed E-state index contributed by atoms with van der Waals surface area (Å²) in [6.45, 7) is 13.7. The maximum Gasteiger partial charge on any atom is 0.306 e. The van der Waals surface area contributed by atoms with Crippen molar-refractivity contribution in [2.75, 3.05) is 13.2 Å². The second-order valence-electron chi connectivity index (χ2n) is 19.7. The van der Waals surface area contributed by atoms with Gasteiger partial charge in [-0.1, -0.05) is 253 Å². The van der Waals surface area contributed by atoms with Crippen LogP contribution in [0.1, 0.15) is 292 Å². The molecule has 0 aromatic heterocycles. The summed E-state index contributed by atoms with van der Waals surface area (Å²) in [4.78, 5) is 38.0. The Morgan fingerprint density at radius 3 is 0.867 bits per heavy atom. The van der Waals surface area contributed by atoms with E-state index < -0.39 is 6.10 Å². The molecule has 0 radical (unpaired) electrons. The molecule has 0 aromatic rings. The molecule has 0 N–H and O–H groups in total. The standard InChI is InChI=1S/C54H104O6/c1-7-50(6)42-36-30-24-17-14-15-19-27-33-39-45-54(57)60-51(47-59-53(56)44-38-32-26-21-20-23-29-35-41-49(4)5)46-58-52(55)43-37-31-25-18-13-11-9-8-10-12-16-22-28-34-40-48(2)3/h48-51H,7-47H2,1-6H3/t50?,51-/m1/s1. The van der Waals surface area contributed by atoms with Crippen molar-refractivity contribution in [1.82, 2.24) is 0 Å². The van der Waals surface area contributed by atoms with E-state index in [0.717, 1.165) is 75.5 Å². The molecular weight excluding hydrogens is 745 g/mol. The van der Waals surface area contributed by atoms with Crippen LogP contribution in [0.3, 0.4) is 0 Å². The average molecular weight is 849 g/mol. The Hall–Kier alpha value is -1.59. The summed E-state index contributed by atoms with van der Waals surface area (Å²) in [6, 6.07) is 0. The predicted molar refractivity (Wildman–Crippen MR) is 256 cm³/mol. The molecule has 0 saturated heterocycles. The molecule has 0 bridgehead atoms. The third kappa shape index (κ3) is 45.9. The van der Waals surface area contributed by atoms with E-state index >= 15 is 0 Å². The smallest absolute Gasteiger partial charge is 0.306 e. The number of rotatable bonds is 47. The van der Waals surface area contributed by atoms with Gasteiger partial charge in [-0.05, 0) is 37.0 Å². The van der Waals surface area contributed by atoms with E-state index in [1.165, 1.54) is 173 Å². The number of esters is 3. The van der Waals surface area contributed by atoms with Crippen molar-refractivity contribution >= 4 is 17.9 Å². The van der Waals surface area contributed by atoms with Gasteiger partial charge in [-0.3, -0.25) is 14.4 Å². The van der Waals surface area contributed by atoms with Crippen molar-refractivity contribution in [1.29, 1.82) is 0 Å². The van der Waals surface area contributed by atoms with E-state index in [9.17, 15) is 14.4 Å². The molecule has 0 aliphatic carbocycles. The third-order valence-electron chi connectivity index (χ3n) is 12.5. The zero-order chi connectivity index (χ0) is 44.2. The summed E-state index contributed by atoms with van der Waals surface area (Å²) in [5, 5.41) is 0. The fraction of sp³-hybridized carbons (Fsp3) is 0.944. The van der Waals surface area contributed by atoms with E-state index in [2.05, 4.69) is 41.5 Å². The molecular formula is C54H104O6. The molecule has 0 amide bonds. The first-order valence-electron chi connectivity index (χ1n) is 26.6. The van der Waals surface area contributed by atoms with Crippen LogP contribution in [0.5, 0.6) is 0 Å². The summed E-state index contributed by atoms with van der Waals surface area (Å²) in [7, 11) is 0. The van der Waals surface area contributed by atoms with E-state index in [-0.39, 0.29) is 31.1 Å². The SMILES string of the molecule is CCC(C)CCCCCCCCCCCCC(=O)O[C@H](COC(=O)CCCCCCCCCCCCCCCCC(C)C)COC(=O)CCCCCCCCCCC(C)C. The fourth-order valence-electron chi connectivity index (χ4n) is 8.08. The number of carbonyl (C=O) groups is 3. The van der Waals surface area contributed by atoms with Crippen LogP contribution in [0, 0.1) is 17.8 Å². The van der Waals surface area contributed by atoms with Gasteiger partial charge in [0.2, 0.25) is 0 Å². The monoisotopic (exact) mass is 849 g/mol. The van der Waals surface area contributed by atoms with Crippen LogP contribution in [-0.2, 0) is 28.6 Å². The van der Waals surface area contributed by atoms with Crippen molar-refractivity contribution in [3.05, 3.63) is 0 Å². The Morgan fingerprint density at radius 1 is 0.333 bits per heavy atom. The summed E-state index contributed by atoms with van der Waals surface area (Å²) in [5.74, 6) is 1.66. The van der Waals surface area contributed by atoms with Gasteiger partial charge in [-0.25, -0.2) is 0 Å². The van der Waals surface area contributed by atoms with Crippen LogP contribution < -0.4 is 0 Å². The molecule has 0 aliphatic heterocycles. The first-order chi connectivity index (χ1) is 29.1. The first kappa shape index (κ1) is 58.4. The summed E-state index contributed by atoms with van der Waals surface area (Å²) in [5.41, 5.74) is 0. The lowest BCUT2D eigenvalue weighted by Gasteiger charge is -2.18. The highest BCUT2D eigenvalue weighted by Gasteiger charge is 2.19. The molecule has 0 spiro atoms. The zero-order valence-corrected chi connectivity index (χ0v) is 41.3. The van der Waals surface area contributed by atoms with Crippen LogP contribution in [-0.4, -0.2) is 37.2 Å². The lowest BCUT2D eigenvalue weighted by Crippen LogP contribution is -2.30. The molecule has 6 heteroatoms. The molecule has 60 heavy (non-hydrogen) atoms. The molecule has 0 aliphatic rings. The minimum atomic E-state index is -0.763. The number of hydrogen-bond acceptors (Lipinski definition) is 6. The molecule has 356 valence electrons. The van der Waals surface area contributed by atoms with Crippen molar-refractivity contribution in [2.24, 2.45) is 17.8 Å². The van der Waals surface area contributed by atoms with Gasteiger partial charge in [0.25, 0.3) is 0 Å². The maximum atomic E-state index is 12.8. The minimum absolute atomic E-state index is 0.0647. The van der Waals surface area contributed by atoms with E-state index in [1.54, 1.807) is 0 Å². The van der Waals surface area contributed by atoms with Gasteiger partial charge < -0.3 is 14.2 Å². The molecule has 6 nitrogen and oxygen atoms in total. The Morgan fingerprint density at radius 2 is 0.583 bits per heavy atom. The minimum Gasteiger partial charge on any atom is -0.462 e. The lowest BCUT2D eigenvalue weighted by molar-refractivity contribution is -0.167. The Bertz CT molecular complexity index is 931. The number of hydrogen-bond donors (Lipinski definition) is 0. The molecule has 2 atom stereocenters. The average Bonchev–Trinajstić information content (AvgIpc) is 3.22. The summed E-state index contributed by atoms with van der Waals surface area (Å²) in [6.07, 6.45) is 45.2. The quantitative estimate of drug-likeness (QED) is 0.0345. The van der Waals surface area contributed by atoms with Gasteiger partial charge in [0.05, 0.1) is 0 Å². The Kier molecular flexibility index (Phi) is 44.2. The van der Waals surface area contributed by atoms with Crippen molar-refractivity contribution in [3.8, 4) is 0 Å². The maximum absolute atomic E-state index is 12.8. The van der Waals surface area contributed by atoms with Crippen LogP contribution in [0.15, 0.2) is 0 Å². The molecule has 0 heterocycles. The normalized spacial score (nSPS) is 12.6. The van der Waals surface area contributed by atoms with Gasteiger partial charge >= 0.3 is 17.9 Å². The van der Waals surface area contributed by atoms with Crippen LogP contribution in [0.4, 0.5) is 0 Å². The van der Waals surface area contributed by atoms with Gasteiger partial charge in [-0.15, -0.1) is 0 Å². The highest BCUT2D eigenvalue weighted by molar-refractivity contribution is 5.71. The lowest BCUT2D eigenvalue weighted by atomic mass is 9.99. The largest absolute Gasteiger partial charge is 0.462 e. The number of unbranched alkanes of at least 4 members (excludes halogenated alkanes) is 29. The molecule has 0 aromatic carbocycles. The number of carbonyl (C=O) groups excluding carboxylic acids is 3. The van der Waals surface area contributed by atoms with Crippen molar-refractivity contribution in [3.63, 3.8) is 0 Å². The van der Waals surface area contributed by atoms with Crippen LogP contribution in [0.25, 0.3) is 0 Å². The van der Waals surface area contributed by atoms with Gasteiger partial charge in [-0.2, -0.15) is 0 Å². The van der Waals surface area contributed by atoms with Crippen LogP contribution >= 0.6 is 0 Å². The van der Waals surface area contributed by atoms with E-state index in [4.69, 9.17) is 14.2 Å². The predicted octanol–water partition coefficient (Wildman–Crippen LogP) is 17.2. The highest BCUT2D eigenvalue weighted by atomic mass is 16.6. The van der Waals surface area contributed by atoms with E-state index in [1.807, 2.05) is 0 Å². The topological polar surface area (TPSA) is 78.9 Å². The fourth-order valence-corrected chi connectivity index (χ4v) is 8.08. The molecule has 0 saturated carbocycles. The molecule has 0 rings (SSSR count). The van der Waals surface area contributed by atoms with Gasteiger partial charge in [0.1, 0.15) is 13.2 Å². The van der Waals surface area contributed by atoms with E-state index in [0.29, 0.717) is 19.3 Å². The Balaban J connectivity index is 4.30. The van der Waals surface area contributed by atoms with Crippen molar-refractivity contribution in [2.45, 2.75) is 298 Å². The molecule has 1 unspecified atom stereocenters. The number of ether oxygens (including phenoxy) is 3. The summed E-state index contributed by atoms with van der Waals surface area (Å²) >= 11 is 0. The van der Waals surface area contributed by atoms with Crippen molar-refractivity contribution < 1.29 is 28.6 Å². The van der Waals surface area contributed by atoms with Crippen LogP contribution in [0.2, 0.25) is 0 Å². The zero-order valence-electron chi connectivity index (χ0n) is 41.3. The Labute approximate surface area is 374 Å². The second-order valence-corrected chi connectivity index (χ2v) is 19.7.